The molecule has 0 radical (unpaired) electrons. The molecule has 0 amide bonds. The molecule has 13 heteroatoms. The molecule has 1 unspecified atom stereocenters. The Hall–Kier alpha value is -2.18. The van der Waals surface area contributed by atoms with Gasteiger partial charge in [-0.05, 0) is 57.8 Å². The van der Waals surface area contributed by atoms with Crippen molar-refractivity contribution in [2.45, 2.75) is 206 Å². The fraction of sp³-hybridized carbons (Fsp3) is 0.820. The number of hydrogen-bond donors (Lipinski definition) is 3. The molecule has 0 aromatic carbocycles. The van der Waals surface area contributed by atoms with Crippen LogP contribution < -0.4 is 0 Å². The Balaban J connectivity index is 2.43. The van der Waals surface area contributed by atoms with Crippen molar-refractivity contribution in [1.82, 2.24) is 0 Å². The summed E-state index contributed by atoms with van der Waals surface area (Å²) in [6.07, 6.45) is 35.6. The van der Waals surface area contributed by atoms with Crippen LogP contribution in [0.1, 0.15) is 187 Å². The number of ether oxygens (including phenoxy) is 2. The molecule has 6 atom stereocenters. The van der Waals surface area contributed by atoms with E-state index < -0.39 is 50.6 Å². The predicted molar refractivity (Wildman–Crippen MR) is 253 cm³/mol. The molecule has 1 fully saturated rings. The number of quaternary nitrogens is 1. The number of allylic oxidation sites excluding steroid dienone is 5. The van der Waals surface area contributed by atoms with E-state index in [0.29, 0.717) is 43.1 Å². The predicted octanol–water partition coefficient (Wildman–Crippen LogP) is 11.1. The Morgan fingerprint density at radius 3 is 1.89 bits per heavy atom. The molecule has 0 bridgehead atoms. The van der Waals surface area contributed by atoms with Crippen LogP contribution in [-0.2, 0) is 37.5 Å². The summed E-state index contributed by atoms with van der Waals surface area (Å²) >= 11 is 0. The molecule has 3 N–H and O–H groups in total. The molecule has 63 heavy (non-hydrogen) atoms. The quantitative estimate of drug-likeness (QED) is 0.0176. The van der Waals surface area contributed by atoms with Crippen LogP contribution in [0.4, 0.5) is 0 Å². The van der Waals surface area contributed by atoms with Gasteiger partial charge in [-0.2, -0.15) is 0 Å². The van der Waals surface area contributed by atoms with E-state index in [0.717, 1.165) is 38.5 Å². The van der Waals surface area contributed by atoms with Gasteiger partial charge in [0.1, 0.15) is 25.5 Å². The largest absolute Gasteiger partial charge is 0.472 e. The zero-order chi connectivity index (χ0) is 46.6. The van der Waals surface area contributed by atoms with Crippen molar-refractivity contribution in [2.24, 2.45) is 11.8 Å². The normalized spacial score (nSPS) is 19.0. The van der Waals surface area contributed by atoms with Crippen molar-refractivity contribution < 1.29 is 57.1 Å². The number of esters is 2. The van der Waals surface area contributed by atoms with Gasteiger partial charge in [-0.25, -0.2) is 4.57 Å². The van der Waals surface area contributed by atoms with Crippen LogP contribution in [0.15, 0.2) is 36.5 Å². The molecule has 0 aromatic heterocycles. The molecule has 0 heterocycles. The van der Waals surface area contributed by atoms with E-state index in [1.807, 2.05) is 33.3 Å². The molecule has 0 aromatic rings. The van der Waals surface area contributed by atoms with Gasteiger partial charge in [0.15, 0.2) is 6.10 Å². The molecular formula is C50H91NO11P+. The highest BCUT2D eigenvalue weighted by atomic mass is 31.2. The maximum Gasteiger partial charge on any atom is 0.472 e. The SMILES string of the molecule is CCCCCCCC/C=C\CCCCCCCCCCCC(=O)OC[C@H](COP(=O)(O)OCC[N+](C)(C)C)OC(=O)CCC/C=C\C[C@H]1[C@@H](O)CC(=O)[C@@H]1/C=C/[C@@H](O)CCCCC. The maximum atomic E-state index is 12.8. The molecule has 1 aliphatic carbocycles. The van der Waals surface area contributed by atoms with Gasteiger partial charge >= 0.3 is 19.8 Å². The van der Waals surface area contributed by atoms with Gasteiger partial charge in [-0.1, -0.05) is 147 Å². The highest BCUT2D eigenvalue weighted by Crippen LogP contribution is 2.43. The van der Waals surface area contributed by atoms with E-state index in [4.69, 9.17) is 18.5 Å². The molecule has 0 saturated heterocycles. The maximum absolute atomic E-state index is 12.8. The summed E-state index contributed by atoms with van der Waals surface area (Å²) in [5, 5.41) is 20.8. The standard InChI is InChI=1S/C50H90NO11P/c1-6-8-10-11-12-13-14-15-16-17-18-19-20-21-22-23-24-25-30-34-49(55)59-41-44(42-61-63(57,58)60-39-38-51(3,4)5)62-50(56)35-31-27-26-29-33-45-46(48(54)40-47(45)53)37-36-43(52)32-28-9-7-2/h15-16,26,29,36-37,43-47,52-53H,6-14,17-25,27-28,30-35,38-42H2,1-5H3/p+1/b16-15-,29-26-,37-36+/t43-,44+,45+,46+,47-/m0/s1. The summed E-state index contributed by atoms with van der Waals surface area (Å²) in [6.45, 7) is 4.01. The monoisotopic (exact) mass is 913 g/mol. The Kier molecular flexibility index (Phi) is 34.5. The molecule has 0 aliphatic heterocycles. The molecule has 1 saturated carbocycles. The second-order valence-corrected chi connectivity index (χ2v) is 20.1. The lowest BCUT2D eigenvalue weighted by molar-refractivity contribution is -0.870. The van der Waals surface area contributed by atoms with Crippen molar-refractivity contribution in [3.05, 3.63) is 36.5 Å². The Morgan fingerprint density at radius 1 is 0.730 bits per heavy atom. The van der Waals surface area contributed by atoms with Gasteiger partial charge < -0.3 is 29.1 Å². The third-order valence-electron chi connectivity index (χ3n) is 11.5. The third kappa shape index (κ3) is 33.9. The number of nitrogens with zero attached hydrogens (tertiary/aromatic N) is 1. The van der Waals surface area contributed by atoms with E-state index in [9.17, 15) is 34.1 Å². The molecule has 1 rings (SSSR count). The van der Waals surface area contributed by atoms with Gasteiger partial charge in [0.25, 0.3) is 0 Å². The number of aliphatic hydroxyl groups excluding tert-OH is 2. The average molecular weight is 913 g/mol. The summed E-state index contributed by atoms with van der Waals surface area (Å²) in [7, 11) is 1.31. The summed E-state index contributed by atoms with van der Waals surface area (Å²) < 4.78 is 34.3. The minimum atomic E-state index is -4.45. The number of rotatable bonds is 41. The van der Waals surface area contributed by atoms with E-state index in [-0.39, 0.29) is 44.2 Å². The van der Waals surface area contributed by atoms with Crippen LogP contribution >= 0.6 is 7.82 Å². The van der Waals surface area contributed by atoms with Crippen LogP contribution in [0.25, 0.3) is 0 Å². The Morgan fingerprint density at radius 2 is 1.27 bits per heavy atom. The number of unbranched alkanes of at least 4 members (excludes halogenated alkanes) is 18. The highest BCUT2D eigenvalue weighted by molar-refractivity contribution is 7.47. The number of phosphoric ester groups is 1. The first-order valence-corrected chi connectivity index (χ1v) is 26.3. The highest BCUT2D eigenvalue weighted by Gasteiger charge is 2.39. The number of ketones is 1. The van der Waals surface area contributed by atoms with Gasteiger partial charge in [0.2, 0.25) is 0 Å². The van der Waals surface area contributed by atoms with Crippen molar-refractivity contribution in [1.29, 1.82) is 0 Å². The van der Waals surface area contributed by atoms with Crippen LogP contribution in [-0.4, -0.2) is 103 Å². The topological polar surface area (TPSA) is 166 Å². The molecule has 366 valence electrons. The number of aliphatic hydroxyl groups is 2. The number of carbonyl (C=O) groups is 3. The second kappa shape index (κ2) is 37.0. The van der Waals surface area contributed by atoms with Crippen molar-refractivity contribution >= 4 is 25.5 Å². The smallest absolute Gasteiger partial charge is 0.462 e. The fourth-order valence-electron chi connectivity index (χ4n) is 7.52. The van der Waals surface area contributed by atoms with Gasteiger partial charge in [-0.15, -0.1) is 0 Å². The van der Waals surface area contributed by atoms with Crippen LogP contribution in [0.2, 0.25) is 0 Å². The average Bonchev–Trinajstić information content (AvgIpc) is 3.50. The Labute approximate surface area is 382 Å². The summed E-state index contributed by atoms with van der Waals surface area (Å²) in [6, 6.07) is 0. The van der Waals surface area contributed by atoms with Crippen LogP contribution in [0.5, 0.6) is 0 Å². The van der Waals surface area contributed by atoms with Gasteiger partial charge in [0, 0.05) is 31.1 Å². The first kappa shape index (κ1) is 58.8. The van der Waals surface area contributed by atoms with E-state index >= 15 is 0 Å². The van der Waals surface area contributed by atoms with Gasteiger partial charge in [0.05, 0.1) is 40.0 Å². The summed E-state index contributed by atoms with van der Waals surface area (Å²) in [5.74, 6) is -1.75. The fourth-order valence-corrected chi connectivity index (χ4v) is 8.26. The molecule has 0 spiro atoms. The van der Waals surface area contributed by atoms with E-state index in [1.54, 1.807) is 12.2 Å². The van der Waals surface area contributed by atoms with E-state index in [1.165, 1.54) is 83.5 Å². The Bertz CT molecular complexity index is 1330. The van der Waals surface area contributed by atoms with Crippen molar-refractivity contribution in [3.8, 4) is 0 Å². The minimum Gasteiger partial charge on any atom is -0.462 e. The summed E-state index contributed by atoms with van der Waals surface area (Å²) in [4.78, 5) is 48.2. The number of carbonyl (C=O) groups excluding carboxylic acids is 3. The first-order valence-electron chi connectivity index (χ1n) is 24.8. The number of likely N-dealkylation sites (N-methyl/N-ethyl adjacent to an activating group) is 1. The zero-order valence-corrected chi connectivity index (χ0v) is 41.2. The zero-order valence-electron chi connectivity index (χ0n) is 40.3. The van der Waals surface area contributed by atoms with Crippen LogP contribution in [0.3, 0.4) is 0 Å². The van der Waals surface area contributed by atoms with Crippen LogP contribution in [0, 0.1) is 11.8 Å². The first-order chi connectivity index (χ1) is 30.2. The summed E-state index contributed by atoms with van der Waals surface area (Å²) in [5.41, 5.74) is 0. The number of phosphoric acid groups is 1. The van der Waals surface area contributed by atoms with Crippen molar-refractivity contribution in [3.63, 3.8) is 0 Å². The lowest BCUT2D eigenvalue weighted by Crippen LogP contribution is -2.37. The lowest BCUT2D eigenvalue weighted by Gasteiger charge is -2.24. The molecule has 12 nitrogen and oxygen atoms in total. The number of hydrogen-bond acceptors (Lipinski definition) is 10. The van der Waals surface area contributed by atoms with Gasteiger partial charge in [-0.3, -0.25) is 23.4 Å². The lowest BCUT2D eigenvalue weighted by atomic mass is 9.90. The number of Topliss-reactive ketones (excluding diaryl/α,β-unsaturated/α-hetero) is 1. The second-order valence-electron chi connectivity index (χ2n) is 18.6. The van der Waals surface area contributed by atoms with Crippen molar-refractivity contribution in [2.75, 3.05) is 47.5 Å². The molecular weight excluding hydrogens is 822 g/mol. The third-order valence-corrected chi connectivity index (χ3v) is 12.5. The molecule has 1 aliphatic rings. The minimum absolute atomic E-state index is 0.0168. The van der Waals surface area contributed by atoms with E-state index in [2.05, 4.69) is 26.0 Å².